The molecule has 1 fully saturated rings. The minimum Gasteiger partial charge on any atom is -0.486 e. The highest BCUT2D eigenvalue weighted by Gasteiger charge is 2.37. The van der Waals surface area contributed by atoms with Crippen molar-refractivity contribution in [1.29, 1.82) is 0 Å². The largest absolute Gasteiger partial charge is 0.486 e. The summed E-state index contributed by atoms with van der Waals surface area (Å²) in [6.07, 6.45) is 1.59. The maximum Gasteiger partial charge on any atom is 0.235 e. The lowest BCUT2D eigenvalue weighted by Gasteiger charge is -2.35. The Morgan fingerprint density at radius 3 is 2.50 bits per heavy atom. The first kappa shape index (κ1) is 22.4. The zero-order chi connectivity index (χ0) is 21.8. The summed E-state index contributed by atoms with van der Waals surface area (Å²) in [7, 11) is 0. The van der Waals surface area contributed by atoms with Crippen LogP contribution in [0.4, 0.5) is 5.69 Å². The monoisotopic (exact) mass is 481 g/mol. The molecule has 30 heavy (non-hydrogen) atoms. The second kappa shape index (κ2) is 9.71. The second-order valence-electron chi connectivity index (χ2n) is 6.46. The summed E-state index contributed by atoms with van der Waals surface area (Å²) in [6, 6.07) is 9.77. The van der Waals surface area contributed by atoms with Crippen LogP contribution in [0.1, 0.15) is 11.6 Å². The highest BCUT2D eigenvalue weighted by atomic mass is 35.5. The second-order valence-corrected chi connectivity index (χ2v) is 8.09. The molecule has 1 heterocycles. The van der Waals surface area contributed by atoms with Crippen LogP contribution in [0.3, 0.4) is 0 Å². The third kappa shape index (κ3) is 4.90. The molecule has 2 aromatic rings. The van der Waals surface area contributed by atoms with E-state index in [2.05, 4.69) is 29.1 Å². The van der Waals surface area contributed by atoms with E-state index in [1.165, 1.54) is 0 Å². The lowest BCUT2D eigenvalue weighted by Crippen LogP contribution is -2.51. The number of anilines is 1. The van der Waals surface area contributed by atoms with Gasteiger partial charge in [-0.3, -0.25) is 4.79 Å². The van der Waals surface area contributed by atoms with Gasteiger partial charge in [0.15, 0.2) is 10.9 Å². The van der Waals surface area contributed by atoms with Crippen LogP contribution in [-0.4, -0.2) is 17.6 Å². The molecule has 0 saturated carbocycles. The van der Waals surface area contributed by atoms with E-state index in [1.807, 2.05) is 0 Å². The van der Waals surface area contributed by atoms with Crippen molar-refractivity contribution >= 4 is 63.7 Å². The summed E-state index contributed by atoms with van der Waals surface area (Å²) < 4.78 is 5.52. The molecule has 2 atom stereocenters. The number of carbonyl (C=O) groups excluding carboxylic acids is 1. The van der Waals surface area contributed by atoms with E-state index in [0.29, 0.717) is 42.9 Å². The van der Waals surface area contributed by atoms with Gasteiger partial charge in [0.25, 0.3) is 0 Å². The highest BCUT2D eigenvalue weighted by Crippen LogP contribution is 2.39. The Morgan fingerprint density at radius 1 is 1.20 bits per heavy atom. The van der Waals surface area contributed by atoms with Crippen LogP contribution in [0.15, 0.2) is 61.3 Å². The van der Waals surface area contributed by atoms with Crippen molar-refractivity contribution in [2.24, 2.45) is 5.92 Å². The molecule has 2 aromatic carbocycles. The Bertz CT molecular complexity index is 1010. The molecule has 0 unspecified atom stereocenters. The van der Waals surface area contributed by atoms with Crippen LogP contribution < -0.4 is 20.7 Å². The van der Waals surface area contributed by atoms with Crippen LogP contribution in [0.25, 0.3) is 0 Å². The molecule has 1 saturated heterocycles. The molecule has 0 radical (unpaired) electrons. The first-order valence-corrected chi connectivity index (χ1v) is 10.4. The molecular formula is C21H18Cl3N3O2S. The number of hydrogen-bond acceptors (Lipinski definition) is 3. The summed E-state index contributed by atoms with van der Waals surface area (Å²) in [4.78, 5) is 13.1. The van der Waals surface area contributed by atoms with E-state index in [9.17, 15) is 4.79 Å². The first-order chi connectivity index (χ1) is 14.3. The molecule has 3 N–H and O–H groups in total. The normalized spacial score (nSPS) is 18.2. The number of benzene rings is 2. The SMILES string of the molecule is C=CCOc1c(Cl)cc([C@H]2NC(=S)NC(=C)[C@@H]2C(=O)Nc2ccccc2Cl)cc1Cl. The zero-order valence-corrected chi connectivity index (χ0v) is 18.8. The van der Waals surface area contributed by atoms with Crippen molar-refractivity contribution in [3.05, 3.63) is 82.0 Å². The quantitative estimate of drug-likeness (QED) is 0.375. The summed E-state index contributed by atoms with van der Waals surface area (Å²) in [5.74, 6) is -0.700. The van der Waals surface area contributed by atoms with Crippen LogP contribution in [0, 0.1) is 5.92 Å². The average molecular weight is 483 g/mol. The average Bonchev–Trinajstić information content (AvgIpc) is 2.68. The van der Waals surface area contributed by atoms with Gasteiger partial charge in [-0.1, -0.05) is 66.2 Å². The summed E-state index contributed by atoms with van der Waals surface area (Å²) >= 11 is 24.2. The number of hydrogen-bond donors (Lipinski definition) is 3. The zero-order valence-electron chi connectivity index (χ0n) is 15.7. The maximum atomic E-state index is 13.1. The fraction of sp³-hybridized carbons (Fsp3) is 0.143. The Hall–Kier alpha value is -2.25. The van der Waals surface area contributed by atoms with Crippen LogP contribution in [0.5, 0.6) is 5.75 Å². The van der Waals surface area contributed by atoms with E-state index in [4.69, 9.17) is 51.8 Å². The van der Waals surface area contributed by atoms with Crippen molar-refractivity contribution in [2.45, 2.75) is 6.04 Å². The van der Waals surface area contributed by atoms with Gasteiger partial charge in [-0.25, -0.2) is 0 Å². The lowest BCUT2D eigenvalue weighted by molar-refractivity contribution is -0.119. The number of amides is 1. The molecular weight excluding hydrogens is 465 g/mol. The predicted octanol–water partition coefficient (Wildman–Crippen LogP) is 5.50. The van der Waals surface area contributed by atoms with Crippen molar-refractivity contribution in [1.82, 2.24) is 10.6 Å². The van der Waals surface area contributed by atoms with Gasteiger partial charge in [0.2, 0.25) is 5.91 Å². The van der Waals surface area contributed by atoms with Crippen LogP contribution >= 0.6 is 47.0 Å². The van der Waals surface area contributed by atoms with Gasteiger partial charge in [0.1, 0.15) is 12.5 Å². The summed E-state index contributed by atoms with van der Waals surface area (Å²) in [6.45, 7) is 7.84. The Morgan fingerprint density at radius 2 is 1.87 bits per heavy atom. The standard InChI is InChI=1S/C21H18Cl3N3O2S/c1-3-8-29-19-14(23)9-12(10-15(19)24)18-17(11(2)25-21(30)27-18)20(28)26-16-7-5-4-6-13(16)22/h3-7,9-10,17-18H,1-2,8H2,(H,26,28)(H2,25,27,30)/t17-,18+/m0/s1. The van der Waals surface area contributed by atoms with Gasteiger partial charge in [-0.05, 0) is 42.0 Å². The molecule has 156 valence electrons. The number of rotatable bonds is 6. The minimum absolute atomic E-state index is 0.258. The molecule has 1 aliphatic heterocycles. The van der Waals surface area contributed by atoms with Gasteiger partial charge >= 0.3 is 0 Å². The van der Waals surface area contributed by atoms with Crippen LogP contribution in [0.2, 0.25) is 15.1 Å². The predicted molar refractivity (Wildman–Crippen MR) is 126 cm³/mol. The fourth-order valence-corrected chi connectivity index (χ4v) is 4.14. The van der Waals surface area contributed by atoms with E-state index in [-0.39, 0.29) is 12.5 Å². The smallest absolute Gasteiger partial charge is 0.235 e. The van der Waals surface area contributed by atoms with E-state index in [1.54, 1.807) is 42.5 Å². The Labute approximate surface area is 195 Å². The van der Waals surface area contributed by atoms with Gasteiger partial charge in [0, 0.05) is 5.70 Å². The molecule has 1 amide bonds. The topological polar surface area (TPSA) is 62.4 Å². The van der Waals surface area contributed by atoms with Crippen molar-refractivity contribution in [3.63, 3.8) is 0 Å². The van der Waals surface area contributed by atoms with E-state index in [0.717, 1.165) is 0 Å². The first-order valence-electron chi connectivity index (χ1n) is 8.86. The molecule has 9 heteroatoms. The minimum atomic E-state index is -0.722. The Kier molecular flexibility index (Phi) is 7.26. The number of thiocarbonyl (C=S) groups is 1. The maximum absolute atomic E-state index is 13.1. The van der Waals surface area contributed by atoms with Gasteiger partial charge in [0.05, 0.1) is 26.8 Å². The lowest BCUT2D eigenvalue weighted by atomic mass is 9.88. The van der Waals surface area contributed by atoms with E-state index < -0.39 is 12.0 Å². The molecule has 5 nitrogen and oxygen atoms in total. The number of para-hydroxylation sites is 1. The third-order valence-electron chi connectivity index (χ3n) is 4.41. The van der Waals surface area contributed by atoms with Crippen molar-refractivity contribution in [2.75, 3.05) is 11.9 Å². The molecule has 3 rings (SSSR count). The van der Waals surface area contributed by atoms with E-state index >= 15 is 0 Å². The van der Waals surface area contributed by atoms with Gasteiger partial charge in [-0.2, -0.15) is 0 Å². The van der Waals surface area contributed by atoms with Crippen molar-refractivity contribution in [3.8, 4) is 5.75 Å². The van der Waals surface area contributed by atoms with Gasteiger partial charge < -0.3 is 20.7 Å². The Balaban J connectivity index is 1.95. The number of nitrogens with one attached hydrogen (secondary N) is 3. The van der Waals surface area contributed by atoms with Gasteiger partial charge in [-0.15, -0.1) is 0 Å². The number of ether oxygens (including phenoxy) is 1. The molecule has 0 aromatic heterocycles. The fourth-order valence-electron chi connectivity index (χ4n) is 3.08. The number of halogens is 3. The van der Waals surface area contributed by atoms with Crippen LogP contribution in [-0.2, 0) is 4.79 Å². The third-order valence-corrected chi connectivity index (χ3v) is 5.52. The summed E-state index contributed by atoms with van der Waals surface area (Å²) in [5.41, 5.74) is 1.58. The molecule has 0 bridgehead atoms. The highest BCUT2D eigenvalue weighted by molar-refractivity contribution is 7.80. The molecule has 1 aliphatic rings. The number of carbonyl (C=O) groups is 1. The van der Waals surface area contributed by atoms with Crippen molar-refractivity contribution < 1.29 is 9.53 Å². The molecule has 0 spiro atoms. The molecule has 0 aliphatic carbocycles. The summed E-state index contributed by atoms with van der Waals surface area (Å²) in [5, 5.41) is 10.2.